The Kier molecular flexibility index (Phi) is 6.33. The first-order valence-electron chi connectivity index (χ1n) is 10.6. The van der Waals surface area contributed by atoms with Crippen LogP contribution in [-0.4, -0.2) is 45.3 Å². The molecule has 0 saturated carbocycles. The second-order valence-corrected chi connectivity index (χ2v) is 8.64. The summed E-state index contributed by atoms with van der Waals surface area (Å²) in [5.41, 5.74) is 2.07. The molecule has 166 valence electrons. The number of hydrogen-bond acceptors (Lipinski definition) is 2. The van der Waals surface area contributed by atoms with Gasteiger partial charge in [-0.15, -0.1) is 0 Å². The van der Waals surface area contributed by atoms with Crippen LogP contribution in [0.1, 0.15) is 41.5 Å². The summed E-state index contributed by atoms with van der Waals surface area (Å²) in [6.07, 6.45) is 1.96. The van der Waals surface area contributed by atoms with Crippen LogP contribution in [0.15, 0.2) is 66.9 Å². The van der Waals surface area contributed by atoms with Crippen molar-refractivity contribution in [3.8, 4) is 0 Å². The van der Waals surface area contributed by atoms with Crippen molar-refractivity contribution < 1.29 is 14.0 Å². The number of carbonyl (C=O) groups is 2. The molecule has 1 aliphatic heterocycles. The molecule has 7 heteroatoms. The molecule has 0 radical (unpaired) electrons. The van der Waals surface area contributed by atoms with Crippen molar-refractivity contribution in [2.45, 2.75) is 32.5 Å². The van der Waals surface area contributed by atoms with Gasteiger partial charge in [0.1, 0.15) is 12.4 Å². The molecule has 2 amide bonds. The molecule has 0 saturated heterocycles. The van der Waals surface area contributed by atoms with Crippen LogP contribution in [0.4, 0.5) is 4.39 Å². The maximum Gasteiger partial charge on any atom is 0.254 e. The van der Waals surface area contributed by atoms with Crippen molar-refractivity contribution in [1.82, 2.24) is 14.4 Å². The van der Waals surface area contributed by atoms with Gasteiger partial charge in [-0.2, -0.15) is 0 Å². The van der Waals surface area contributed by atoms with E-state index < -0.39 is 6.04 Å². The molecule has 32 heavy (non-hydrogen) atoms. The Morgan fingerprint density at radius 1 is 1.09 bits per heavy atom. The SMILES string of the molecule is CC(C)N(CC(=O)N1CCn2cccc2[C@H]1c1cccc(F)c1)C(=O)c1cccc(Cl)c1. The van der Waals surface area contributed by atoms with E-state index in [1.165, 1.54) is 12.1 Å². The minimum absolute atomic E-state index is 0.0739. The molecule has 1 aromatic heterocycles. The third-order valence-corrected chi connectivity index (χ3v) is 6.02. The van der Waals surface area contributed by atoms with Gasteiger partial charge < -0.3 is 14.4 Å². The second-order valence-electron chi connectivity index (χ2n) is 8.21. The van der Waals surface area contributed by atoms with Gasteiger partial charge in [0, 0.05) is 41.6 Å². The minimum atomic E-state index is -0.419. The number of benzene rings is 2. The molecule has 0 unspecified atom stereocenters. The number of aromatic nitrogens is 1. The predicted octanol–water partition coefficient (Wildman–Crippen LogP) is 4.76. The van der Waals surface area contributed by atoms with Crippen LogP contribution < -0.4 is 0 Å². The molecule has 5 nitrogen and oxygen atoms in total. The van der Waals surface area contributed by atoms with E-state index in [2.05, 4.69) is 4.57 Å². The predicted molar refractivity (Wildman–Crippen MR) is 122 cm³/mol. The van der Waals surface area contributed by atoms with Crippen molar-refractivity contribution in [3.05, 3.63) is 94.5 Å². The average molecular weight is 454 g/mol. The first-order chi connectivity index (χ1) is 15.3. The highest BCUT2D eigenvalue weighted by atomic mass is 35.5. The maximum absolute atomic E-state index is 14.0. The van der Waals surface area contributed by atoms with Crippen LogP contribution in [0.5, 0.6) is 0 Å². The molecule has 0 aliphatic carbocycles. The van der Waals surface area contributed by atoms with Crippen molar-refractivity contribution >= 4 is 23.4 Å². The van der Waals surface area contributed by atoms with Gasteiger partial charge in [0.05, 0.1) is 6.04 Å². The van der Waals surface area contributed by atoms with Crippen molar-refractivity contribution in [2.75, 3.05) is 13.1 Å². The number of halogens is 2. The van der Waals surface area contributed by atoms with Gasteiger partial charge >= 0.3 is 0 Å². The van der Waals surface area contributed by atoms with Gasteiger partial charge in [-0.05, 0) is 61.9 Å². The number of hydrogen-bond donors (Lipinski definition) is 0. The minimum Gasteiger partial charge on any atom is -0.348 e. The van der Waals surface area contributed by atoms with Crippen molar-refractivity contribution in [1.29, 1.82) is 0 Å². The number of fused-ring (bicyclic) bond motifs is 1. The molecule has 2 aromatic carbocycles. The fourth-order valence-corrected chi connectivity index (χ4v) is 4.38. The zero-order chi connectivity index (χ0) is 22.8. The van der Waals surface area contributed by atoms with Crippen LogP contribution >= 0.6 is 11.6 Å². The number of carbonyl (C=O) groups excluding carboxylic acids is 2. The van der Waals surface area contributed by atoms with E-state index in [0.717, 1.165) is 5.69 Å². The third-order valence-electron chi connectivity index (χ3n) is 5.78. The standard InChI is InChI=1S/C25H25ClFN3O2/c1-17(2)30(25(32)19-7-3-8-20(26)14-19)16-23(31)29-13-12-28-11-5-10-22(28)24(29)18-6-4-9-21(27)15-18/h3-11,14-15,17,24H,12-13,16H2,1-2H3/t24-/m1/s1. The summed E-state index contributed by atoms with van der Waals surface area (Å²) in [5.74, 6) is -0.784. The highest BCUT2D eigenvalue weighted by molar-refractivity contribution is 6.31. The Hall–Kier alpha value is -3.12. The quantitative estimate of drug-likeness (QED) is 0.559. The lowest BCUT2D eigenvalue weighted by Gasteiger charge is -2.39. The number of rotatable bonds is 5. The van der Waals surface area contributed by atoms with Crippen LogP contribution in [-0.2, 0) is 11.3 Å². The largest absolute Gasteiger partial charge is 0.348 e. The Balaban J connectivity index is 1.63. The summed E-state index contributed by atoms with van der Waals surface area (Å²) in [5, 5.41) is 0.467. The zero-order valence-electron chi connectivity index (χ0n) is 18.0. The molecule has 0 fully saturated rings. The summed E-state index contributed by atoms with van der Waals surface area (Å²) in [6.45, 7) is 4.79. The molecule has 4 rings (SSSR count). The normalized spacial score (nSPS) is 15.5. The van der Waals surface area contributed by atoms with Gasteiger partial charge in [0.25, 0.3) is 5.91 Å². The van der Waals surface area contributed by atoms with Crippen LogP contribution in [0.2, 0.25) is 5.02 Å². The van der Waals surface area contributed by atoms with E-state index in [0.29, 0.717) is 29.2 Å². The lowest BCUT2D eigenvalue weighted by atomic mass is 9.99. The van der Waals surface area contributed by atoms with E-state index in [-0.39, 0.29) is 30.2 Å². The Labute approximate surface area is 192 Å². The summed E-state index contributed by atoms with van der Waals surface area (Å²) in [7, 11) is 0. The Bertz CT molecular complexity index is 1140. The molecule has 3 aromatic rings. The molecule has 1 atom stereocenters. The zero-order valence-corrected chi connectivity index (χ0v) is 18.8. The van der Waals surface area contributed by atoms with Gasteiger partial charge in [-0.3, -0.25) is 9.59 Å². The van der Waals surface area contributed by atoms with Crippen molar-refractivity contribution in [2.24, 2.45) is 0 Å². The number of nitrogens with zero attached hydrogens (tertiary/aromatic N) is 3. The first-order valence-corrected chi connectivity index (χ1v) is 11.0. The number of amides is 2. The fraction of sp³-hybridized carbons (Fsp3) is 0.280. The van der Waals surface area contributed by atoms with E-state index in [9.17, 15) is 14.0 Å². The monoisotopic (exact) mass is 453 g/mol. The lowest BCUT2D eigenvalue weighted by molar-refractivity contribution is -0.135. The van der Waals surface area contributed by atoms with Gasteiger partial charge in [0.2, 0.25) is 5.91 Å². The average Bonchev–Trinajstić information content (AvgIpc) is 3.25. The van der Waals surface area contributed by atoms with E-state index in [4.69, 9.17) is 11.6 Å². The summed E-state index contributed by atoms with van der Waals surface area (Å²) >= 11 is 6.06. The highest BCUT2D eigenvalue weighted by Crippen LogP contribution is 2.33. The first kappa shape index (κ1) is 22.1. The molecule has 1 aliphatic rings. The van der Waals surface area contributed by atoms with Crippen LogP contribution in [0, 0.1) is 5.82 Å². The maximum atomic E-state index is 14.0. The topological polar surface area (TPSA) is 45.6 Å². The Morgan fingerprint density at radius 3 is 2.59 bits per heavy atom. The molecule has 0 N–H and O–H groups in total. The smallest absolute Gasteiger partial charge is 0.254 e. The molecular formula is C25H25ClFN3O2. The Morgan fingerprint density at radius 2 is 1.88 bits per heavy atom. The summed E-state index contributed by atoms with van der Waals surface area (Å²) in [4.78, 5) is 30.0. The summed E-state index contributed by atoms with van der Waals surface area (Å²) in [6, 6.07) is 16.3. The van der Waals surface area contributed by atoms with Gasteiger partial charge in [-0.25, -0.2) is 4.39 Å². The van der Waals surface area contributed by atoms with E-state index in [1.807, 2.05) is 38.2 Å². The molecular weight excluding hydrogens is 429 g/mol. The second kappa shape index (κ2) is 9.17. The van der Waals surface area contributed by atoms with Crippen molar-refractivity contribution in [3.63, 3.8) is 0 Å². The summed E-state index contributed by atoms with van der Waals surface area (Å²) < 4.78 is 16.1. The molecule has 2 heterocycles. The van der Waals surface area contributed by atoms with Gasteiger partial charge in [0.15, 0.2) is 0 Å². The fourth-order valence-electron chi connectivity index (χ4n) is 4.19. The van der Waals surface area contributed by atoms with E-state index in [1.54, 1.807) is 40.1 Å². The van der Waals surface area contributed by atoms with Gasteiger partial charge in [-0.1, -0.05) is 29.8 Å². The molecule has 0 spiro atoms. The van der Waals surface area contributed by atoms with E-state index >= 15 is 0 Å². The molecule has 0 bridgehead atoms. The lowest BCUT2D eigenvalue weighted by Crippen LogP contribution is -2.49. The third kappa shape index (κ3) is 4.41. The van der Waals surface area contributed by atoms with Crippen LogP contribution in [0.3, 0.4) is 0 Å². The highest BCUT2D eigenvalue weighted by Gasteiger charge is 2.34. The van der Waals surface area contributed by atoms with Crippen LogP contribution in [0.25, 0.3) is 0 Å².